The fraction of sp³-hybridized carbons (Fsp3) is 0.833. The lowest BCUT2D eigenvalue weighted by Crippen LogP contribution is -2.06. The van der Waals surface area contributed by atoms with E-state index in [4.69, 9.17) is 4.18 Å². The molecule has 0 unspecified atom stereocenters. The molecule has 1 aliphatic rings. The van der Waals surface area contributed by atoms with Crippen LogP contribution in [-0.4, -0.2) is 18.8 Å². The van der Waals surface area contributed by atoms with E-state index in [-0.39, 0.29) is 0 Å². The zero-order valence-electron chi connectivity index (χ0n) is 10.1. The van der Waals surface area contributed by atoms with Gasteiger partial charge in [-0.3, -0.25) is 0 Å². The van der Waals surface area contributed by atoms with Gasteiger partial charge in [0.2, 0.25) is 0 Å². The van der Waals surface area contributed by atoms with Crippen LogP contribution < -0.4 is 0 Å². The lowest BCUT2D eigenvalue weighted by molar-refractivity contribution is 0.411. The van der Waals surface area contributed by atoms with Gasteiger partial charge in [-0.15, -0.1) is 10.3 Å². The van der Waals surface area contributed by atoms with Crippen LogP contribution in [0.1, 0.15) is 45.4 Å². The Morgan fingerprint density at radius 3 is 2.36 bits per heavy atom. The second kappa shape index (κ2) is 5.11. The maximum Gasteiger partial charge on any atom is 0.111 e. The molecule has 0 radical (unpaired) electrons. The summed E-state index contributed by atoms with van der Waals surface area (Å²) >= 11 is 0. The molecule has 0 aromatic carbocycles. The van der Waals surface area contributed by atoms with Gasteiger partial charge in [-0.25, -0.2) is 0 Å². The molecule has 0 saturated carbocycles. The zero-order chi connectivity index (χ0) is 10.6. The third-order valence-corrected chi connectivity index (χ3v) is 3.13. The van der Waals surface area contributed by atoms with E-state index in [0.29, 0.717) is 0 Å². The van der Waals surface area contributed by atoms with Crippen LogP contribution in [-0.2, 0) is 4.18 Å². The van der Waals surface area contributed by atoms with Crippen LogP contribution in [0.4, 0.5) is 0 Å². The Bertz CT molecular complexity index is 213. The normalized spacial score (nSPS) is 19.7. The first-order valence-electron chi connectivity index (χ1n) is 5.61. The van der Waals surface area contributed by atoms with Crippen molar-refractivity contribution in [1.82, 2.24) is 0 Å². The van der Waals surface area contributed by atoms with Gasteiger partial charge in [-0.1, -0.05) is 13.3 Å². The van der Waals surface area contributed by atoms with Gasteiger partial charge >= 0.3 is 0 Å². The molecule has 0 aromatic heterocycles. The summed E-state index contributed by atoms with van der Waals surface area (Å²) in [5.74, 6) is 1.33. The van der Waals surface area contributed by atoms with Crippen LogP contribution in [0, 0.1) is 0 Å². The monoisotopic (exact) mass is 216 g/mol. The summed E-state index contributed by atoms with van der Waals surface area (Å²) in [5.41, 5.74) is 1.60. The maximum atomic E-state index is 6.11. The Kier molecular flexibility index (Phi) is 4.36. The standard InChI is InChI=1S/C12H24OS/c1-5-8-11-9-6-7-10-12(11)13-14(2,3)4/h5-10H2,1-4H3. The molecule has 2 heteroatoms. The van der Waals surface area contributed by atoms with E-state index in [1.165, 1.54) is 44.3 Å². The van der Waals surface area contributed by atoms with Gasteiger partial charge in [0.05, 0.1) is 0 Å². The Hall–Kier alpha value is -0.110. The first-order chi connectivity index (χ1) is 6.53. The van der Waals surface area contributed by atoms with Crippen LogP contribution in [0.15, 0.2) is 11.3 Å². The summed E-state index contributed by atoms with van der Waals surface area (Å²) in [6.07, 6.45) is 14.3. The van der Waals surface area contributed by atoms with Gasteiger partial charge in [-0.2, -0.15) is 0 Å². The maximum absolute atomic E-state index is 6.11. The molecule has 1 nitrogen and oxygen atoms in total. The molecule has 1 aliphatic carbocycles. The number of rotatable bonds is 4. The minimum atomic E-state index is -0.833. The van der Waals surface area contributed by atoms with Crippen LogP contribution in [0.25, 0.3) is 0 Å². The lowest BCUT2D eigenvalue weighted by atomic mass is 9.95. The van der Waals surface area contributed by atoms with Crippen molar-refractivity contribution >= 4 is 10.3 Å². The minimum absolute atomic E-state index is 0.833. The largest absolute Gasteiger partial charge is 0.454 e. The zero-order valence-corrected chi connectivity index (χ0v) is 10.9. The van der Waals surface area contributed by atoms with Crippen molar-refractivity contribution in [2.45, 2.75) is 45.4 Å². The fourth-order valence-electron chi connectivity index (χ4n) is 1.91. The van der Waals surface area contributed by atoms with Crippen LogP contribution in [0.3, 0.4) is 0 Å². The Morgan fingerprint density at radius 2 is 1.79 bits per heavy atom. The number of hydrogen-bond donors (Lipinski definition) is 0. The van der Waals surface area contributed by atoms with Crippen LogP contribution >= 0.6 is 10.3 Å². The average molecular weight is 216 g/mol. The third kappa shape index (κ3) is 3.95. The number of hydrogen-bond acceptors (Lipinski definition) is 1. The van der Waals surface area contributed by atoms with Crippen molar-refractivity contribution in [2.75, 3.05) is 18.8 Å². The molecule has 1 rings (SSSR count). The lowest BCUT2D eigenvalue weighted by Gasteiger charge is -2.31. The highest BCUT2D eigenvalue weighted by molar-refractivity contribution is 8.28. The van der Waals surface area contributed by atoms with Gasteiger partial charge in [0.1, 0.15) is 5.76 Å². The van der Waals surface area contributed by atoms with Crippen molar-refractivity contribution in [3.63, 3.8) is 0 Å². The SMILES string of the molecule is CCCC1=C(OS(C)(C)C)CCCC1. The van der Waals surface area contributed by atoms with Crippen molar-refractivity contribution in [2.24, 2.45) is 0 Å². The van der Waals surface area contributed by atoms with Gasteiger partial charge < -0.3 is 4.18 Å². The third-order valence-electron chi connectivity index (χ3n) is 2.43. The first kappa shape index (κ1) is 12.0. The molecule has 0 atom stereocenters. The van der Waals surface area contributed by atoms with E-state index in [1.807, 2.05) is 0 Å². The van der Waals surface area contributed by atoms with Gasteiger partial charge in [0.25, 0.3) is 0 Å². The molecular weight excluding hydrogens is 192 g/mol. The Morgan fingerprint density at radius 1 is 1.14 bits per heavy atom. The van der Waals surface area contributed by atoms with E-state index in [9.17, 15) is 0 Å². The van der Waals surface area contributed by atoms with Gasteiger partial charge in [0, 0.05) is 6.42 Å². The molecule has 84 valence electrons. The Labute approximate surface area is 90.4 Å². The first-order valence-corrected chi connectivity index (χ1v) is 8.40. The second-order valence-electron chi connectivity index (χ2n) is 4.79. The molecule has 0 aromatic rings. The molecule has 0 spiro atoms. The second-order valence-corrected chi connectivity index (χ2v) is 8.41. The summed E-state index contributed by atoms with van der Waals surface area (Å²) < 4.78 is 6.11. The van der Waals surface area contributed by atoms with Crippen LogP contribution in [0.5, 0.6) is 0 Å². The molecule has 0 aliphatic heterocycles. The van der Waals surface area contributed by atoms with Crippen molar-refractivity contribution < 1.29 is 4.18 Å². The molecule has 0 saturated heterocycles. The summed E-state index contributed by atoms with van der Waals surface area (Å²) in [6.45, 7) is 2.25. The van der Waals surface area contributed by atoms with E-state index in [2.05, 4.69) is 25.7 Å². The Balaban J connectivity index is 2.68. The van der Waals surface area contributed by atoms with Crippen molar-refractivity contribution in [1.29, 1.82) is 0 Å². The van der Waals surface area contributed by atoms with E-state index >= 15 is 0 Å². The molecule has 0 fully saturated rings. The molecule has 0 heterocycles. The highest BCUT2D eigenvalue weighted by Gasteiger charge is 2.16. The predicted octanol–water partition coefficient (Wildman–Crippen LogP) is 4.24. The molecule has 0 amide bonds. The highest BCUT2D eigenvalue weighted by Crippen LogP contribution is 2.43. The van der Waals surface area contributed by atoms with E-state index < -0.39 is 10.3 Å². The molecule has 0 bridgehead atoms. The molecule has 0 N–H and O–H groups in total. The minimum Gasteiger partial charge on any atom is -0.454 e. The molecule has 14 heavy (non-hydrogen) atoms. The summed E-state index contributed by atoms with van der Waals surface area (Å²) in [6, 6.07) is 0. The van der Waals surface area contributed by atoms with Gasteiger partial charge in [0.15, 0.2) is 0 Å². The highest BCUT2D eigenvalue weighted by atomic mass is 32.3. The average Bonchev–Trinajstić information content (AvgIpc) is 2.06. The van der Waals surface area contributed by atoms with Crippen molar-refractivity contribution in [3.8, 4) is 0 Å². The summed E-state index contributed by atoms with van der Waals surface area (Å²) in [4.78, 5) is 0. The predicted molar refractivity (Wildman–Crippen MR) is 66.9 cm³/mol. The van der Waals surface area contributed by atoms with Crippen LogP contribution in [0.2, 0.25) is 0 Å². The summed E-state index contributed by atoms with van der Waals surface area (Å²) in [5, 5.41) is 0. The van der Waals surface area contributed by atoms with Crippen molar-refractivity contribution in [3.05, 3.63) is 11.3 Å². The number of allylic oxidation sites excluding steroid dienone is 2. The topological polar surface area (TPSA) is 9.23 Å². The summed E-state index contributed by atoms with van der Waals surface area (Å²) in [7, 11) is -0.833. The van der Waals surface area contributed by atoms with E-state index in [1.54, 1.807) is 5.57 Å². The molecular formula is C12H24OS. The quantitative estimate of drug-likeness (QED) is 0.683. The fourth-order valence-corrected chi connectivity index (χ4v) is 2.71. The van der Waals surface area contributed by atoms with Gasteiger partial charge in [-0.05, 0) is 50.0 Å². The smallest absolute Gasteiger partial charge is 0.111 e. The van der Waals surface area contributed by atoms with E-state index in [0.717, 1.165) is 0 Å².